The van der Waals surface area contributed by atoms with Crippen molar-refractivity contribution in [3.8, 4) is 23.1 Å². The molecule has 6 rings (SSSR count). The monoisotopic (exact) mass is 704 g/mol. The van der Waals surface area contributed by atoms with Crippen LogP contribution < -0.4 is 20.3 Å². The molecule has 0 saturated carbocycles. The Bertz CT molecular complexity index is 2040. The van der Waals surface area contributed by atoms with E-state index in [4.69, 9.17) is 30.5 Å². The SMILES string of the molecule is COc1cc(C=Nn2c(-c3cc4ccccc4o3)nc3ccccc3c2=O)cc(I)c1OCC(=O)Nc1ccc(Cl)cc1. The second kappa shape index (κ2) is 12.3. The van der Waals surface area contributed by atoms with Crippen LogP contribution in [0.1, 0.15) is 5.56 Å². The number of carbonyl (C=O) groups excluding carboxylic acids is 1. The summed E-state index contributed by atoms with van der Waals surface area (Å²) < 4.78 is 19.3. The smallest absolute Gasteiger partial charge is 0.282 e. The van der Waals surface area contributed by atoms with Crippen LogP contribution >= 0.6 is 34.2 Å². The van der Waals surface area contributed by atoms with E-state index in [9.17, 15) is 9.59 Å². The number of hydrogen-bond acceptors (Lipinski definition) is 7. The number of hydrogen-bond donors (Lipinski definition) is 1. The van der Waals surface area contributed by atoms with E-state index in [1.807, 2.05) is 36.4 Å². The Balaban J connectivity index is 1.30. The van der Waals surface area contributed by atoms with E-state index < -0.39 is 0 Å². The van der Waals surface area contributed by atoms with Crippen LogP contribution in [0.15, 0.2) is 105 Å². The molecule has 9 nitrogen and oxygen atoms in total. The second-order valence-electron chi connectivity index (χ2n) is 9.34. The van der Waals surface area contributed by atoms with Gasteiger partial charge in [-0.3, -0.25) is 9.59 Å². The zero-order valence-corrected chi connectivity index (χ0v) is 25.5. The maximum atomic E-state index is 13.6. The van der Waals surface area contributed by atoms with Gasteiger partial charge >= 0.3 is 0 Å². The molecule has 0 unspecified atom stereocenters. The third-order valence-electron chi connectivity index (χ3n) is 6.45. The van der Waals surface area contributed by atoms with Gasteiger partial charge in [-0.1, -0.05) is 41.9 Å². The van der Waals surface area contributed by atoms with Gasteiger partial charge in [-0.15, -0.1) is 0 Å². The number of furan rings is 1. The first-order valence-electron chi connectivity index (χ1n) is 13.0. The Morgan fingerprint density at radius 2 is 1.84 bits per heavy atom. The highest BCUT2D eigenvalue weighted by Crippen LogP contribution is 2.34. The van der Waals surface area contributed by atoms with Gasteiger partial charge in [-0.25, -0.2) is 4.98 Å². The molecular formula is C32H22ClIN4O5. The lowest BCUT2D eigenvalue weighted by atomic mass is 10.2. The Morgan fingerprint density at radius 1 is 1.07 bits per heavy atom. The number of nitrogens with zero attached hydrogens (tertiary/aromatic N) is 3. The fraction of sp³-hybridized carbons (Fsp3) is 0.0625. The molecule has 0 atom stereocenters. The van der Waals surface area contributed by atoms with E-state index in [1.165, 1.54) is 18.0 Å². The molecule has 11 heteroatoms. The quantitative estimate of drug-likeness (QED) is 0.135. The lowest BCUT2D eigenvalue weighted by molar-refractivity contribution is -0.118. The molecule has 43 heavy (non-hydrogen) atoms. The van der Waals surface area contributed by atoms with Gasteiger partial charge in [0.25, 0.3) is 11.5 Å². The number of amides is 1. The molecule has 0 bridgehead atoms. The summed E-state index contributed by atoms with van der Waals surface area (Å²) in [6.45, 7) is -0.235. The van der Waals surface area contributed by atoms with Crippen LogP contribution in [0.25, 0.3) is 33.5 Å². The largest absolute Gasteiger partial charge is 0.493 e. The number of methoxy groups -OCH3 is 1. The minimum atomic E-state index is -0.342. The number of aromatic nitrogens is 2. The van der Waals surface area contributed by atoms with E-state index in [0.29, 0.717) is 53.6 Å². The highest BCUT2D eigenvalue weighted by Gasteiger charge is 2.17. The third kappa shape index (κ3) is 6.11. The zero-order valence-electron chi connectivity index (χ0n) is 22.6. The molecule has 0 radical (unpaired) electrons. The fourth-order valence-electron chi connectivity index (χ4n) is 4.43. The summed E-state index contributed by atoms with van der Waals surface area (Å²) in [5.74, 6) is 1.14. The third-order valence-corrected chi connectivity index (χ3v) is 7.50. The molecule has 0 aliphatic heterocycles. The van der Waals surface area contributed by atoms with E-state index in [2.05, 4.69) is 33.0 Å². The van der Waals surface area contributed by atoms with Crippen LogP contribution in [-0.4, -0.2) is 35.5 Å². The van der Waals surface area contributed by atoms with Crippen LogP contribution in [0.4, 0.5) is 5.69 Å². The first-order valence-corrected chi connectivity index (χ1v) is 14.5. The Hall–Kier alpha value is -4.68. The highest BCUT2D eigenvalue weighted by molar-refractivity contribution is 14.1. The lowest BCUT2D eigenvalue weighted by Crippen LogP contribution is -2.20. The number of benzene rings is 4. The van der Waals surface area contributed by atoms with E-state index >= 15 is 0 Å². The fourth-order valence-corrected chi connectivity index (χ4v) is 5.34. The van der Waals surface area contributed by atoms with Crippen molar-refractivity contribution >= 4 is 73.9 Å². The number of ether oxygens (including phenoxy) is 2. The molecule has 214 valence electrons. The number of carbonyl (C=O) groups is 1. The molecule has 0 aliphatic carbocycles. The molecule has 1 amide bonds. The van der Waals surface area contributed by atoms with E-state index in [-0.39, 0.29) is 23.9 Å². The molecule has 0 saturated heterocycles. The van der Waals surface area contributed by atoms with Gasteiger partial charge < -0.3 is 19.2 Å². The lowest BCUT2D eigenvalue weighted by Gasteiger charge is -2.14. The van der Waals surface area contributed by atoms with Crippen LogP contribution in [0.5, 0.6) is 11.5 Å². The molecule has 4 aromatic carbocycles. The van der Waals surface area contributed by atoms with Crippen molar-refractivity contribution in [3.63, 3.8) is 0 Å². The molecule has 0 fully saturated rings. The summed E-state index contributed by atoms with van der Waals surface area (Å²) in [6.07, 6.45) is 1.53. The minimum Gasteiger partial charge on any atom is -0.493 e. The minimum absolute atomic E-state index is 0.235. The maximum Gasteiger partial charge on any atom is 0.282 e. The van der Waals surface area contributed by atoms with Crippen LogP contribution in [-0.2, 0) is 4.79 Å². The van der Waals surface area contributed by atoms with Gasteiger partial charge in [0.1, 0.15) is 5.58 Å². The van der Waals surface area contributed by atoms with Gasteiger partial charge in [0.2, 0.25) is 5.82 Å². The number of halogens is 2. The normalized spacial score (nSPS) is 11.3. The van der Waals surface area contributed by atoms with Gasteiger partial charge in [-0.2, -0.15) is 9.78 Å². The molecule has 6 aromatic rings. The summed E-state index contributed by atoms with van der Waals surface area (Å²) in [5.41, 5.74) is 2.10. The molecule has 1 N–H and O–H groups in total. The highest BCUT2D eigenvalue weighted by atomic mass is 127. The summed E-state index contributed by atoms with van der Waals surface area (Å²) in [5, 5.41) is 9.17. The van der Waals surface area contributed by atoms with Gasteiger partial charge in [0.05, 0.1) is 27.8 Å². The van der Waals surface area contributed by atoms with Crippen molar-refractivity contribution in [2.24, 2.45) is 5.10 Å². The summed E-state index contributed by atoms with van der Waals surface area (Å²) in [4.78, 5) is 30.8. The van der Waals surface area contributed by atoms with Crippen LogP contribution in [0.2, 0.25) is 5.02 Å². The van der Waals surface area contributed by atoms with Crippen LogP contribution in [0, 0.1) is 3.57 Å². The Labute approximate surface area is 263 Å². The first-order chi connectivity index (χ1) is 20.9. The van der Waals surface area contributed by atoms with Gasteiger partial charge in [0, 0.05) is 16.1 Å². The summed E-state index contributed by atoms with van der Waals surface area (Å²) in [7, 11) is 1.50. The number of para-hydroxylation sites is 2. The van der Waals surface area contributed by atoms with Crippen molar-refractivity contribution in [2.45, 2.75) is 0 Å². The van der Waals surface area contributed by atoms with Crippen molar-refractivity contribution < 1.29 is 18.7 Å². The Kier molecular flexibility index (Phi) is 8.12. The van der Waals surface area contributed by atoms with Crippen molar-refractivity contribution in [1.82, 2.24) is 9.66 Å². The number of anilines is 1. The second-order valence-corrected chi connectivity index (χ2v) is 10.9. The molecule has 0 aliphatic rings. The summed E-state index contributed by atoms with van der Waals surface area (Å²) in [6, 6.07) is 26.8. The van der Waals surface area contributed by atoms with Crippen molar-refractivity contribution in [3.05, 3.63) is 116 Å². The molecule has 2 aromatic heterocycles. The average Bonchev–Trinajstić information content (AvgIpc) is 3.45. The predicted molar refractivity (Wildman–Crippen MR) is 175 cm³/mol. The van der Waals surface area contributed by atoms with Crippen molar-refractivity contribution in [2.75, 3.05) is 19.0 Å². The predicted octanol–water partition coefficient (Wildman–Crippen LogP) is 6.98. The zero-order chi connectivity index (χ0) is 29.9. The van der Waals surface area contributed by atoms with Crippen LogP contribution in [0.3, 0.4) is 0 Å². The standard InChI is InChI=1S/C32H22ClIN4O5/c1-41-27-15-19(14-24(34)30(27)42-18-29(39)36-22-12-10-21(33)11-13-22)17-35-38-31(28-16-20-6-2-5-9-26(20)43-28)37-25-8-4-3-7-23(25)32(38)40/h2-17H,18H2,1H3,(H,36,39). The van der Waals surface area contributed by atoms with Gasteiger partial charge in [0.15, 0.2) is 23.9 Å². The molecule has 0 spiro atoms. The number of rotatable bonds is 8. The molecule has 2 heterocycles. The topological polar surface area (TPSA) is 108 Å². The van der Waals surface area contributed by atoms with E-state index in [0.717, 1.165) is 5.39 Å². The van der Waals surface area contributed by atoms with Gasteiger partial charge in [-0.05, 0) is 88.8 Å². The molecular weight excluding hydrogens is 683 g/mol. The summed E-state index contributed by atoms with van der Waals surface area (Å²) >= 11 is 8.00. The van der Waals surface area contributed by atoms with Crippen molar-refractivity contribution in [1.29, 1.82) is 0 Å². The number of fused-ring (bicyclic) bond motifs is 2. The average molecular weight is 705 g/mol. The first kappa shape index (κ1) is 28.4. The maximum absolute atomic E-state index is 13.6. The Morgan fingerprint density at radius 3 is 2.63 bits per heavy atom. The van der Waals surface area contributed by atoms with E-state index in [1.54, 1.807) is 54.6 Å². The number of nitrogens with one attached hydrogen (secondary N) is 1.